The van der Waals surface area contributed by atoms with E-state index in [2.05, 4.69) is 20.3 Å². The highest BCUT2D eigenvalue weighted by atomic mass is 127. The number of rotatable bonds is 3. The fraction of sp³-hybridized carbons (Fsp3) is 0.500. The minimum atomic E-state index is -1.18. The van der Waals surface area contributed by atoms with Crippen LogP contribution in [0.15, 0.2) is 11.1 Å². The number of carbonyl (C=O) groups excluding carboxylic acids is 1. The molecule has 0 aromatic carbocycles. The second-order valence-corrected chi connectivity index (χ2v) is 6.00. The van der Waals surface area contributed by atoms with Gasteiger partial charge < -0.3 is 14.9 Å². The summed E-state index contributed by atoms with van der Waals surface area (Å²) in [5, 5.41) is 22.5. The molecule has 1 aliphatic rings. The number of carbonyl (C=O) groups is 1. The summed E-state index contributed by atoms with van der Waals surface area (Å²) in [5.41, 5.74) is -0.346. The number of aromatic nitrogens is 4. The SMILES string of the molecule is CC(=O)Nc1nc2c(ncn2[C@@H]2O[C@H](CI)[C@@H](O)[C@H]2O)c(=O)[nH]1. The van der Waals surface area contributed by atoms with E-state index in [9.17, 15) is 19.8 Å². The van der Waals surface area contributed by atoms with E-state index in [1.54, 1.807) is 0 Å². The van der Waals surface area contributed by atoms with Gasteiger partial charge in [-0.05, 0) is 0 Å². The number of aromatic amines is 1. The molecule has 10 nitrogen and oxygen atoms in total. The maximum Gasteiger partial charge on any atom is 0.280 e. The first-order chi connectivity index (χ1) is 10.9. The number of halogens is 1. The number of H-pyrrole nitrogens is 1. The maximum atomic E-state index is 12.0. The summed E-state index contributed by atoms with van der Waals surface area (Å²) in [4.78, 5) is 33.6. The van der Waals surface area contributed by atoms with Crippen LogP contribution in [0.4, 0.5) is 5.95 Å². The highest BCUT2D eigenvalue weighted by Gasteiger charge is 2.43. The van der Waals surface area contributed by atoms with Gasteiger partial charge in [-0.2, -0.15) is 4.98 Å². The Morgan fingerprint density at radius 2 is 2.26 bits per heavy atom. The second-order valence-electron chi connectivity index (χ2n) is 5.12. The first-order valence-electron chi connectivity index (χ1n) is 6.74. The number of imidazole rings is 1. The van der Waals surface area contributed by atoms with Crippen LogP contribution >= 0.6 is 22.6 Å². The summed E-state index contributed by atoms with van der Waals surface area (Å²) in [6.07, 6.45) is -2.39. The van der Waals surface area contributed by atoms with E-state index in [0.29, 0.717) is 4.43 Å². The van der Waals surface area contributed by atoms with Crippen LogP contribution in [-0.4, -0.2) is 58.4 Å². The van der Waals surface area contributed by atoms with Crippen LogP contribution in [0, 0.1) is 0 Å². The number of hydrogen-bond acceptors (Lipinski definition) is 7. The predicted octanol–water partition coefficient (Wildman–Crippen LogP) is -0.868. The summed E-state index contributed by atoms with van der Waals surface area (Å²) in [6, 6.07) is 0. The molecule has 2 aromatic heterocycles. The molecule has 3 rings (SSSR count). The zero-order chi connectivity index (χ0) is 16.7. The number of aliphatic hydroxyl groups excluding tert-OH is 2. The lowest BCUT2D eigenvalue weighted by Crippen LogP contribution is -2.32. The zero-order valence-corrected chi connectivity index (χ0v) is 14.1. The standard InChI is InChI=1S/C12H14IN5O5/c1-4(19)15-12-16-9-6(10(22)17-12)14-3-18(9)11-8(21)7(20)5(2-13)23-11/h3,5,7-8,11,20-21H,2H2,1H3,(H2,15,16,17,19,22)/t5-,7-,8-,11-/m1/s1. The largest absolute Gasteiger partial charge is 0.387 e. The van der Waals surface area contributed by atoms with E-state index < -0.39 is 36.0 Å². The van der Waals surface area contributed by atoms with E-state index in [1.807, 2.05) is 22.6 Å². The zero-order valence-electron chi connectivity index (χ0n) is 11.9. The second kappa shape index (κ2) is 6.14. The van der Waals surface area contributed by atoms with Crippen LogP contribution in [0.5, 0.6) is 0 Å². The molecule has 0 aliphatic carbocycles. The lowest BCUT2D eigenvalue weighted by atomic mass is 10.1. The molecule has 3 heterocycles. The highest BCUT2D eigenvalue weighted by Crippen LogP contribution is 2.31. The normalized spacial score (nSPS) is 27.5. The van der Waals surface area contributed by atoms with Gasteiger partial charge in [0.2, 0.25) is 11.9 Å². The van der Waals surface area contributed by atoms with E-state index >= 15 is 0 Å². The monoisotopic (exact) mass is 435 g/mol. The van der Waals surface area contributed by atoms with Gasteiger partial charge in [0, 0.05) is 11.4 Å². The average molecular weight is 435 g/mol. The lowest BCUT2D eigenvalue weighted by Gasteiger charge is -2.16. The number of fused-ring (bicyclic) bond motifs is 1. The molecular formula is C12H14IN5O5. The molecule has 2 aromatic rings. The average Bonchev–Trinajstić information content (AvgIpc) is 3.01. The Hall–Kier alpha value is -1.57. The Kier molecular flexibility index (Phi) is 4.35. The third-order valence-corrected chi connectivity index (χ3v) is 4.36. The van der Waals surface area contributed by atoms with Gasteiger partial charge >= 0.3 is 0 Å². The Bertz CT molecular complexity index is 805. The Morgan fingerprint density at radius 3 is 2.87 bits per heavy atom. The molecule has 0 unspecified atom stereocenters. The summed E-state index contributed by atoms with van der Waals surface area (Å²) < 4.78 is 7.49. The van der Waals surface area contributed by atoms with Crippen molar-refractivity contribution >= 4 is 45.6 Å². The molecule has 0 saturated carbocycles. The lowest BCUT2D eigenvalue weighted by molar-refractivity contribution is -0.114. The minimum Gasteiger partial charge on any atom is -0.387 e. The van der Waals surface area contributed by atoms with Crippen LogP contribution in [0.3, 0.4) is 0 Å². The smallest absolute Gasteiger partial charge is 0.280 e. The number of alkyl halides is 1. The summed E-state index contributed by atoms with van der Waals surface area (Å²) in [5.74, 6) is -0.425. The van der Waals surface area contributed by atoms with Crippen molar-refractivity contribution in [3.05, 3.63) is 16.7 Å². The number of ether oxygens (including phenoxy) is 1. The number of aliphatic hydroxyl groups is 2. The molecule has 11 heteroatoms. The minimum absolute atomic E-state index is 0.0322. The molecule has 23 heavy (non-hydrogen) atoms. The third-order valence-electron chi connectivity index (χ3n) is 3.49. The molecule has 0 radical (unpaired) electrons. The van der Waals surface area contributed by atoms with Crippen molar-refractivity contribution in [1.29, 1.82) is 0 Å². The highest BCUT2D eigenvalue weighted by molar-refractivity contribution is 14.1. The molecule has 1 saturated heterocycles. The van der Waals surface area contributed by atoms with Gasteiger partial charge in [-0.3, -0.25) is 24.5 Å². The molecule has 0 bridgehead atoms. The van der Waals surface area contributed by atoms with E-state index in [4.69, 9.17) is 4.74 Å². The predicted molar refractivity (Wildman–Crippen MR) is 87.3 cm³/mol. The molecule has 1 fully saturated rings. The van der Waals surface area contributed by atoms with Crippen LogP contribution in [0.1, 0.15) is 13.2 Å². The Balaban J connectivity index is 2.06. The van der Waals surface area contributed by atoms with E-state index in [-0.39, 0.29) is 17.1 Å². The molecule has 1 aliphatic heterocycles. The first kappa shape index (κ1) is 16.3. The third kappa shape index (κ3) is 2.84. The first-order valence-corrected chi connectivity index (χ1v) is 8.27. The van der Waals surface area contributed by atoms with Crippen molar-refractivity contribution in [2.45, 2.75) is 31.5 Å². The van der Waals surface area contributed by atoms with E-state index in [1.165, 1.54) is 17.8 Å². The summed E-state index contributed by atoms with van der Waals surface area (Å²) in [6.45, 7) is 1.28. The van der Waals surface area contributed by atoms with Crippen LogP contribution in [-0.2, 0) is 9.53 Å². The van der Waals surface area contributed by atoms with E-state index in [0.717, 1.165) is 0 Å². The van der Waals surface area contributed by atoms with Gasteiger partial charge in [-0.1, -0.05) is 22.6 Å². The maximum absolute atomic E-state index is 12.0. The number of nitrogens with one attached hydrogen (secondary N) is 2. The molecular weight excluding hydrogens is 421 g/mol. The van der Waals surface area contributed by atoms with Crippen molar-refractivity contribution in [1.82, 2.24) is 19.5 Å². The van der Waals surface area contributed by atoms with Crippen molar-refractivity contribution in [3.63, 3.8) is 0 Å². The van der Waals surface area contributed by atoms with Gasteiger partial charge in [0.25, 0.3) is 5.56 Å². The van der Waals surface area contributed by atoms with Gasteiger partial charge in [0.15, 0.2) is 17.4 Å². The molecule has 124 valence electrons. The summed E-state index contributed by atoms with van der Waals surface area (Å²) >= 11 is 2.05. The topological polar surface area (TPSA) is 142 Å². The number of anilines is 1. The number of amides is 1. The van der Waals surface area contributed by atoms with Crippen molar-refractivity contribution < 1.29 is 19.7 Å². The Morgan fingerprint density at radius 1 is 1.52 bits per heavy atom. The van der Waals surface area contributed by atoms with Gasteiger partial charge in [-0.15, -0.1) is 0 Å². The number of hydrogen-bond donors (Lipinski definition) is 4. The molecule has 4 N–H and O–H groups in total. The van der Waals surface area contributed by atoms with Gasteiger partial charge in [-0.25, -0.2) is 4.98 Å². The fourth-order valence-electron chi connectivity index (χ4n) is 2.42. The molecule has 0 spiro atoms. The molecule has 1 amide bonds. The van der Waals surface area contributed by atoms with Crippen LogP contribution in [0.25, 0.3) is 11.2 Å². The Labute approximate surface area is 143 Å². The fourth-order valence-corrected chi connectivity index (χ4v) is 3.15. The number of nitrogens with zero attached hydrogens (tertiary/aromatic N) is 3. The van der Waals surface area contributed by atoms with Crippen molar-refractivity contribution in [2.24, 2.45) is 0 Å². The van der Waals surface area contributed by atoms with Crippen molar-refractivity contribution in [3.8, 4) is 0 Å². The quantitative estimate of drug-likeness (QED) is 0.363. The van der Waals surface area contributed by atoms with Gasteiger partial charge in [0.1, 0.15) is 12.2 Å². The van der Waals surface area contributed by atoms with Crippen LogP contribution < -0.4 is 10.9 Å². The molecule has 4 atom stereocenters. The van der Waals surface area contributed by atoms with Gasteiger partial charge in [0.05, 0.1) is 12.4 Å². The van der Waals surface area contributed by atoms with Crippen LogP contribution in [0.2, 0.25) is 0 Å². The van der Waals surface area contributed by atoms with Crippen molar-refractivity contribution in [2.75, 3.05) is 9.74 Å². The summed E-state index contributed by atoms with van der Waals surface area (Å²) in [7, 11) is 0.